The predicted molar refractivity (Wildman–Crippen MR) is 83.4 cm³/mol. The van der Waals surface area contributed by atoms with E-state index in [0.29, 0.717) is 6.61 Å². The Morgan fingerprint density at radius 3 is 2.40 bits per heavy atom. The van der Waals surface area contributed by atoms with Crippen molar-refractivity contribution in [2.45, 2.75) is 34.6 Å². The van der Waals surface area contributed by atoms with Gasteiger partial charge in [0.15, 0.2) is 0 Å². The molecule has 0 unspecified atom stereocenters. The van der Waals surface area contributed by atoms with Crippen molar-refractivity contribution < 1.29 is 9.53 Å². The Kier molecular flexibility index (Phi) is 6.52. The Hall–Kier alpha value is -1.55. The lowest BCUT2D eigenvalue weighted by molar-refractivity contribution is 0.142. The monoisotopic (exact) mass is 278 g/mol. The third-order valence-corrected chi connectivity index (χ3v) is 3.83. The third kappa shape index (κ3) is 4.53. The van der Waals surface area contributed by atoms with Crippen LogP contribution < -0.4 is 5.32 Å². The summed E-state index contributed by atoms with van der Waals surface area (Å²) < 4.78 is 5.21. The number of ether oxygens (including phenoxy) is 1. The van der Waals surface area contributed by atoms with E-state index >= 15 is 0 Å². The highest BCUT2D eigenvalue weighted by Gasteiger charge is 2.08. The molecule has 0 saturated heterocycles. The highest BCUT2D eigenvalue weighted by atomic mass is 16.5. The molecule has 4 nitrogen and oxygen atoms in total. The first kappa shape index (κ1) is 16.5. The molecule has 1 aromatic carbocycles. The van der Waals surface area contributed by atoms with Gasteiger partial charge in [0.2, 0.25) is 0 Å². The van der Waals surface area contributed by atoms with Crippen molar-refractivity contribution >= 4 is 11.8 Å². The summed E-state index contributed by atoms with van der Waals surface area (Å²) in [7, 11) is 0. The lowest BCUT2D eigenvalue weighted by Crippen LogP contribution is -2.28. The highest BCUT2D eigenvalue weighted by Crippen LogP contribution is 2.21. The molecule has 1 rings (SSSR count). The summed E-state index contributed by atoms with van der Waals surface area (Å²) in [5.74, 6) is 0. The summed E-state index contributed by atoms with van der Waals surface area (Å²) in [5.41, 5.74) is 4.33. The Bertz CT molecular complexity index is 454. The van der Waals surface area contributed by atoms with Crippen LogP contribution in [0.2, 0.25) is 0 Å². The summed E-state index contributed by atoms with van der Waals surface area (Å²) in [4.78, 5) is 14.0. The standard InChI is InChI=1S/C16H26N2O2/c1-6-18(7-2)10-11-20-16(19)17-15-9-8-12(3)13(4)14(15)5/h8-9H,6-7,10-11H2,1-5H3,(H,17,19). The topological polar surface area (TPSA) is 41.6 Å². The molecule has 20 heavy (non-hydrogen) atoms. The minimum absolute atomic E-state index is 0.386. The summed E-state index contributed by atoms with van der Waals surface area (Å²) >= 11 is 0. The van der Waals surface area contributed by atoms with E-state index in [0.717, 1.165) is 30.9 Å². The number of likely N-dealkylation sites (N-methyl/N-ethyl adjacent to an activating group) is 1. The third-order valence-electron chi connectivity index (χ3n) is 3.83. The number of hydrogen-bond donors (Lipinski definition) is 1. The van der Waals surface area contributed by atoms with Gasteiger partial charge in [0.05, 0.1) is 0 Å². The number of carbonyl (C=O) groups is 1. The van der Waals surface area contributed by atoms with Crippen LogP contribution in [-0.4, -0.2) is 37.2 Å². The lowest BCUT2D eigenvalue weighted by Gasteiger charge is -2.18. The second-order valence-electron chi connectivity index (χ2n) is 4.97. The van der Waals surface area contributed by atoms with Crippen molar-refractivity contribution in [2.24, 2.45) is 0 Å². The van der Waals surface area contributed by atoms with E-state index in [9.17, 15) is 4.79 Å². The second kappa shape index (κ2) is 7.90. The van der Waals surface area contributed by atoms with Gasteiger partial charge >= 0.3 is 6.09 Å². The molecule has 0 bridgehead atoms. The first-order chi connectivity index (χ1) is 9.49. The summed E-state index contributed by atoms with van der Waals surface area (Å²) in [5, 5.41) is 2.81. The molecule has 0 aliphatic heterocycles. The number of carbonyl (C=O) groups excluding carboxylic acids is 1. The largest absolute Gasteiger partial charge is 0.448 e. The number of nitrogens with zero attached hydrogens (tertiary/aromatic N) is 1. The summed E-state index contributed by atoms with van der Waals surface area (Å²) in [6, 6.07) is 3.93. The van der Waals surface area contributed by atoms with Crippen LogP contribution in [0.5, 0.6) is 0 Å². The predicted octanol–water partition coefficient (Wildman–Crippen LogP) is 3.50. The molecule has 0 atom stereocenters. The molecule has 0 heterocycles. The van der Waals surface area contributed by atoms with E-state index in [1.54, 1.807) is 0 Å². The summed E-state index contributed by atoms with van der Waals surface area (Å²) in [6.07, 6.45) is -0.386. The highest BCUT2D eigenvalue weighted by molar-refractivity contribution is 5.86. The van der Waals surface area contributed by atoms with Gasteiger partial charge in [-0.1, -0.05) is 19.9 Å². The maximum absolute atomic E-state index is 11.8. The normalized spacial score (nSPS) is 10.7. The molecule has 112 valence electrons. The minimum atomic E-state index is -0.386. The first-order valence-corrected chi connectivity index (χ1v) is 7.22. The van der Waals surface area contributed by atoms with E-state index in [4.69, 9.17) is 4.74 Å². The van der Waals surface area contributed by atoms with E-state index in [2.05, 4.69) is 37.9 Å². The number of hydrogen-bond acceptors (Lipinski definition) is 3. The van der Waals surface area contributed by atoms with Crippen molar-refractivity contribution in [3.05, 3.63) is 28.8 Å². The molecule has 4 heteroatoms. The van der Waals surface area contributed by atoms with Crippen LogP contribution >= 0.6 is 0 Å². The van der Waals surface area contributed by atoms with Crippen LogP contribution in [0, 0.1) is 20.8 Å². The van der Waals surface area contributed by atoms with Gasteiger partial charge in [0.1, 0.15) is 6.61 Å². The molecular weight excluding hydrogens is 252 g/mol. The number of amides is 1. The maximum atomic E-state index is 11.8. The molecular formula is C16H26N2O2. The molecule has 1 aromatic rings. The Morgan fingerprint density at radius 2 is 1.80 bits per heavy atom. The second-order valence-corrected chi connectivity index (χ2v) is 4.97. The van der Waals surface area contributed by atoms with Gasteiger partial charge in [-0.05, 0) is 56.6 Å². The van der Waals surface area contributed by atoms with Crippen LogP contribution in [0.25, 0.3) is 0 Å². The SMILES string of the molecule is CCN(CC)CCOC(=O)Nc1ccc(C)c(C)c1C. The first-order valence-electron chi connectivity index (χ1n) is 7.22. The van der Waals surface area contributed by atoms with Gasteiger partial charge in [-0.25, -0.2) is 4.79 Å². The Balaban J connectivity index is 2.49. The van der Waals surface area contributed by atoms with E-state index in [1.807, 2.05) is 19.1 Å². The van der Waals surface area contributed by atoms with Crippen LogP contribution in [0.15, 0.2) is 12.1 Å². The molecule has 0 spiro atoms. The molecule has 0 saturated carbocycles. The molecule has 1 N–H and O–H groups in total. The van der Waals surface area contributed by atoms with Crippen molar-refractivity contribution in [3.63, 3.8) is 0 Å². The average molecular weight is 278 g/mol. The van der Waals surface area contributed by atoms with Crippen LogP contribution in [0.1, 0.15) is 30.5 Å². The van der Waals surface area contributed by atoms with E-state index in [-0.39, 0.29) is 6.09 Å². The molecule has 1 amide bonds. The van der Waals surface area contributed by atoms with Crippen molar-refractivity contribution in [2.75, 3.05) is 31.6 Å². The minimum Gasteiger partial charge on any atom is -0.448 e. The van der Waals surface area contributed by atoms with E-state index < -0.39 is 0 Å². The maximum Gasteiger partial charge on any atom is 0.411 e. The number of anilines is 1. The van der Waals surface area contributed by atoms with Gasteiger partial charge in [0, 0.05) is 12.2 Å². The van der Waals surface area contributed by atoms with E-state index in [1.165, 1.54) is 11.1 Å². The number of aryl methyl sites for hydroxylation is 1. The smallest absolute Gasteiger partial charge is 0.411 e. The molecule has 0 aromatic heterocycles. The van der Waals surface area contributed by atoms with Gasteiger partial charge < -0.3 is 9.64 Å². The molecule has 0 fully saturated rings. The molecule has 0 aliphatic carbocycles. The van der Waals surface area contributed by atoms with Gasteiger partial charge in [-0.2, -0.15) is 0 Å². The summed E-state index contributed by atoms with van der Waals surface area (Å²) in [6.45, 7) is 13.5. The van der Waals surface area contributed by atoms with Crippen molar-refractivity contribution in [1.29, 1.82) is 0 Å². The average Bonchev–Trinajstić information content (AvgIpc) is 2.44. The zero-order valence-corrected chi connectivity index (χ0v) is 13.2. The van der Waals surface area contributed by atoms with Gasteiger partial charge in [0.25, 0.3) is 0 Å². The Morgan fingerprint density at radius 1 is 1.15 bits per heavy atom. The fourth-order valence-corrected chi connectivity index (χ4v) is 2.04. The Labute approximate surface area is 122 Å². The van der Waals surface area contributed by atoms with Gasteiger partial charge in [-0.3, -0.25) is 5.32 Å². The number of rotatable bonds is 6. The van der Waals surface area contributed by atoms with Crippen LogP contribution in [0.3, 0.4) is 0 Å². The lowest BCUT2D eigenvalue weighted by atomic mass is 10.0. The fourth-order valence-electron chi connectivity index (χ4n) is 2.04. The number of benzene rings is 1. The zero-order valence-electron chi connectivity index (χ0n) is 13.2. The quantitative estimate of drug-likeness (QED) is 0.866. The van der Waals surface area contributed by atoms with Crippen molar-refractivity contribution in [1.82, 2.24) is 4.90 Å². The van der Waals surface area contributed by atoms with Crippen LogP contribution in [0.4, 0.5) is 10.5 Å². The van der Waals surface area contributed by atoms with Gasteiger partial charge in [-0.15, -0.1) is 0 Å². The zero-order chi connectivity index (χ0) is 15.1. The number of nitrogens with one attached hydrogen (secondary N) is 1. The fraction of sp³-hybridized carbons (Fsp3) is 0.562. The molecule has 0 radical (unpaired) electrons. The van der Waals surface area contributed by atoms with Crippen molar-refractivity contribution in [3.8, 4) is 0 Å². The molecule has 0 aliphatic rings. The van der Waals surface area contributed by atoms with Crippen LogP contribution in [-0.2, 0) is 4.74 Å².